The van der Waals surface area contributed by atoms with Crippen LogP contribution in [0.3, 0.4) is 0 Å². The van der Waals surface area contributed by atoms with Crippen LogP contribution in [0.25, 0.3) is 0 Å². The standard InChI is InChI=1S/C17H12ClF7N2O2/c1-29-11-5-2-9(3-6-11)14(28)27-15(16(20,21)22,17(23,24)25)26-10-4-7-13(19)12(18)8-10/h2-8,26H,1H3,(H,27,28). The monoisotopic (exact) mass is 444 g/mol. The number of methoxy groups -OCH3 is 1. The van der Waals surface area contributed by atoms with Gasteiger partial charge in [0.15, 0.2) is 0 Å². The Hall–Kier alpha value is -2.69. The minimum Gasteiger partial charge on any atom is -0.497 e. The molecule has 29 heavy (non-hydrogen) atoms. The van der Waals surface area contributed by atoms with Crippen LogP contribution in [0.5, 0.6) is 5.75 Å². The summed E-state index contributed by atoms with van der Waals surface area (Å²) in [6.07, 6.45) is -12.1. The van der Waals surface area contributed by atoms with E-state index in [9.17, 15) is 35.5 Å². The van der Waals surface area contributed by atoms with Crippen molar-refractivity contribution in [1.82, 2.24) is 5.32 Å². The van der Waals surface area contributed by atoms with Crippen molar-refractivity contribution in [3.8, 4) is 5.75 Å². The third-order valence-electron chi connectivity index (χ3n) is 3.76. The molecule has 0 aliphatic heterocycles. The first-order chi connectivity index (χ1) is 13.3. The average Bonchev–Trinajstić information content (AvgIpc) is 2.62. The molecule has 0 atom stereocenters. The molecule has 2 N–H and O–H groups in total. The lowest BCUT2D eigenvalue weighted by atomic mass is 10.1. The molecule has 0 aliphatic rings. The van der Waals surface area contributed by atoms with Crippen molar-refractivity contribution in [3.63, 3.8) is 0 Å². The maximum absolute atomic E-state index is 13.6. The Morgan fingerprint density at radius 2 is 1.52 bits per heavy atom. The second kappa shape index (κ2) is 7.97. The fourth-order valence-electron chi connectivity index (χ4n) is 2.25. The van der Waals surface area contributed by atoms with E-state index in [2.05, 4.69) is 0 Å². The van der Waals surface area contributed by atoms with E-state index in [4.69, 9.17) is 16.3 Å². The zero-order chi connectivity index (χ0) is 22.0. The largest absolute Gasteiger partial charge is 0.497 e. The molecular weight excluding hydrogens is 433 g/mol. The lowest BCUT2D eigenvalue weighted by molar-refractivity contribution is -0.294. The van der Waals surface area contributed by atoms with E-state index < -0.39 is 46.0 Å². The number of halogens is 8. The number of rotatable bonds is 5. The number of carbonyl (C=O) groups is 1. The number of ether oxygens (including phenoxy) is 1. The van der Waals surface area contributed by atoms with Gasteiger partial charge in [0.25, 0.3) is 5.91 Å². The number of nitrogens with one attached hydrogen (secondary N) is 2. The molecule has 0 radical (unpaired) electrons. The van der Waals surface area contributed by atoms with Crippen molar-refractivity contribution in [2.75, 3.05) is 12.4 Å². The molecule has 0 aliphatic carbocycles. The van der Waals surface area contributed by atoms with E-state index in [0.29, 0.717) is 18.2 Å². The molecule has 12 heteroatoms. The van der Waals surface area contributed by atoms with Gasteiger partial charge in [0, 0.05) is 11.3 Å². The van der Waals surface area contributed by atoms with Gasteiger partial charge in [0.1, 0.15) is 11.6 Å². The van der Waals surface area contributed by atoms with Crippen LogP contribution in [0.15, 0.2) is 42.5 Å². The van der Waals surface area contributed by atoms with Gasteiger partial charge in [-0.3, -0.25) is 4.79 Å². The molecule has 2 rings (SSSR count). The van der Waals surface area contributed by atoms with Crippen LogP contribution >= 0.6 is 11.6 Å². The quantitative estimate of drug-likeness (QED) is 0.495. The van der Waals surface area contributed by atoms with Gasteiger partial charge in [-0.1, -0.05) is 11.6 Å². The smallest absolute Gasteiger partial charge is 0.439 e. The summed E-state index contributed by atoms with van der Waals surface area (Å²) < 4.78 is 99.7. The van der Waals surface area contributed by atoms with Crippen LogP contribution in [0.4, 0.5) is 36.4 Å². The van der Waals surface area contributed by atoms with Crippen molar-refractivity contribution in [2.24, 2.45) is 0 Å². The second-order valence-corrected chi connectivity index (χ2v) is 6.09. The summed E-state index contributed by atoms with van der Waals surface area (Å²) in [4.78, 5) is 12.2. The first-order valence-corrected chi connectivity index (χ1v) is 8.02. The molecule has 0 bridgehead atoms. The Labute approximate surface area is 164 Å². The van der Waals surface area contributed by atoms with E-state index in [1.54, 1.807) is 0 Å². The fraction of sp³-hybridized carbons (Fsp3) is 0.235. The molecule has 0 fully saturated rings. The highest BCUT2D eigenvalue weighted by atomic mass is 35.5. The van der Waals surface area contributed by atoms with E-state index in [-0.39, 0.29) is 5.75 Å². The molecule has 0 heterocycles. The van der Waals surface area contributed by atoms with Gasteiger partial charge >= 0.3 is 18.0 Å². The first kappa shape index (κ1) is 22.6. The topological polar surface area (TPSA) is 50.4 Å². The van der Waals surface area contributed by atoms with Gasteiger partial charge in [-0.05, 0) is 42.5 Å². The van der Waals surface area contributed by atoms with Crippen LogP contribution in [-0.2, 0) is 0 Å². The minimum absolute atomic E-state index is 0.235. The van der Waals surface area contributed by atoms with Gasteiger partial charge in [-0.2, -0.15) is 26.3 Å². The predicted octanol–water partition coefficient (Wildman–Crippen LogP) is 5.15. The summed E-state index contributed by atoms with van der Waals surface area (Å²) in [5, 5.41) is 1.46. The highest BCUT2D eigenvalue weighted by Crippen LogP contribution is 2.44. The van der Waals surface area contributed by atoms with Crippen molar-refractivity contribution in [3.05, 3.63) is 58.9 Å². The molecule has 0 spiro atoms. The molecule has 2 aromatic carbocycles. The molecule has 4 nitrogen and oxygen atoms in total. The van der Waals surface area contributed by atoms with Crippen LogP contribution in [0.1, 0.15) is 10.4 Å². The molecule has 0 unspecified atom stereocenters. The number of alkyl halides is 6. The molecule has 1 amide bonds. The highest BCUT2D eigenvalue weighted by molar-refractivity contribution is 6.31. The van der Waals surface area contributed by atoms with Gasteiger partial charge in [-0.15, -0.1) is 0 Å². The normalized spacial score (nSPS) is 12.4. The van der Waals surface area contributed by atoms with Gasteiger partial charge in [-0.25, -0.2) is 4.39 Å². The van der Waals surface area contributed by atoms with Gasteiger partial charge < -0.3 is 15.4 Å². The van der Waals surface area contributed by atoms with E-state index in [0.717, 1.165) is 17.4 Å². The lowest BCUT2D eigenvalue weighted by Crippen LogP contribution is -2.72. The number of hydrogen-bond donors (Lipinski definition) is 2. The number of carbonyl (C=O) groups excluding carboxylic acids is 1. The van der Waals surface area contributed by atoms with Crippen molar-refractivity contribution < 1.29 is 40.3 Å². The summed E-state index contributed by atoms with van der Waals surface area (Å²) in [7, 11) is 1.28. The molecule has 158 valence electrons. The Balaban J connectivity index is 2.50. The van der Waals surface area contributed by atoms with E-state index in [1.807, 2.05) is 0 Å². The Morgan fingerprint density at radius 1 is 0.966 bits per heavy atom. The molecule has 0 saturated carbocycles. The Kier molecular flexibility index (Phi) is 6.21. The molecule has 0 saturated heterocycles. The highest BCUT2D eigenvalue weighted by Gasteiger charge is 2.72. The van der Waals surface area contributed by atoms with Crippen LogP contribution in [-0.4, -0.2) is 31.0 Å². The zero-order valence-corrected chi connectivity index (χ0v) is 15.1. The summed E-state index contributed by atoms with van der Waals surface area (Å²) >= 11 is 5.42. The second-order valence-electron chi connectivity index (χ2n) is 5.68. The minimum atomic E-state index is -6.03. The maximum Gasteiger partial charge on any atom is 0.439 e. The van der Waals surface area contributed by atoms with Crippen LogP contribution in [0.2, 0.25) is 5.02 Å². The number of amides is 1. The first-order valence-electron chi connectivity index (χ1n) is 7.64. The number of hydrogen-bond acceptors (Lipinski definition) is 3. The van der Waals surface area contributed by atoms with E-state index >= 15 is 0 Å². The molecular formula is C17H12ClF7N2O2. The van der Waals surface area contributed by atoms with Gasteiger partial charge in [0.05, 0.1) is 12.1 Å². The predicted molar refractivity (Wildman–Crippen MR) is 90.3 cm³/mol. The fourth-order valence-corrected chi connectivity index (χ4v) is 2.43. The molecule has 2 aromatic rings. The Morgan fingerprint density at radius 3 is 1.97 bits per heavy atom. The Bertz CT molecular complexity index is 869. The van der Waals surface area contributed by atoms with Gasteiger partial charge in [0.2, 0.25) is 0 Å². The van der Waals surface area contributed by atoms with Crippen LogP contribution < -0.4 is 15.4 Å². The van der Waals surface area contributed by atoms with E-state index in [1.165, 1.54) is 24.6 Å². The summed E-state index contributed by atoms with van der Waals surface area (Å²) in [5.41, 5.74) is -6.18. The third-order valence-corrected chi connectivity index (χ3v) is 4.04. The van der Waals surface area contributed by atoms with Crippen molar-refractivity contribution in [1.29, 1.82) is 0 Å². The summed E-state index contributed by atoms with van der Waals surface area (Å²) in [5.74, 6) is -2.48. The summed E-state index contributed by atoms with van der Waals surface area (Å²) in [6, 6.07) is 6.07. The molecule has 0 aromatic heterocycles. The number of anilines is 1. The third kappa shape index (κ3) is 4.66. The summed E-state index contributed by atoms with van der Waals surface area (Å²) in [6.45, 7) is 0. The maximum atomic E-state index is 13.6. The zero-order valence-electron chi connectivity index (χ0n) is 14.4. The average molecular weight is 445 g/mol. The lowest BCUT2D eigenvalue weighted by Gasteiger charge is -2.39. The van der Waals surface area contributed by atoms with Crippen molar-refractivity contribution >= 4 is 23.2 Å². The SMILES string of the molecule is COc1ccc(C(=O)NC(Nc2ccc(F)c(Cl)c2)(C(F)(F)F)C(F)(F)F)cc1. The number of benzene rings is 2. The van der Waals surface area contributed by atoms with Crippen molar-refractivity contribution in [2.45, 2.75) is 18.0 Å². The van der Waals surface area contributed by atoms with Crippen LogP contribution in [0, 0.1) is 5.82 Å².